The fourth-order valence-corrected chi connectivity index (χ4v) is 3.75. The van der Waals surface area contributed by atoms with Gasteiger partial charge in [0.05, 0.1) is 12.4 Å². The molecule has 0 saturated heterocycles. The predicted octanol–water partition coefficient (Wildman–Crippen LogP) is 5.77. The zero-order valence-corrected chi connectivity index (χ0v) is 25.1. The molecule has 0 saturated carbocycles. The SMILES string of the molecule is Nc1ncc(Oc2ccc(Cl)cc2)c(NCCCCCO)n1.Nc1ncc(Oc2ccc(Cl)cc2)c(NCCCCO)n1. The standard InChI is InChI=1S/C15H19ClN4O2.C14H17ClN4O2/c16-11-4-6-12(7-5-11)22-13-10-19-15(17)20-14(13)18-8-2-1-3-9-21;15-10-3-5-11(6-4-10)21-12-9-18-14(16)19-13(12)17-7-1-2-8-20/h4-7,10,21H,1-3,8-9H2,(H3,17,18,19,20);3-6,9,20H,1-2,7-8H2,(H3,16,17,18,19). The van der Waals surface area contributed by atoms with Crippen LogP contribution in [0.4, 0.5) is 23.5 Å². The molecule has 0 spiro atoms. The van der Waals surface area contributed by atoms with Crippen LogP contribution in [0.5, 0.6) is 23.0 Å². The van der Waals surface area contributed by atoms with Crippen LogP contribution in [0, 0.1) is 0 Å². The van der Waals surface area contributed by atoms with E-state index in [0.717, 1.165) is 32.1 Å². The van der Waals surface area contributed by atoms with Gasteiger partial charge in [-0.2, -0.15) is 9.97 Å². The Morgan fingerprint density at radius 1 is 0.605 bits per heavy atom. The molecule has 8 N–H and O–H groups in total. The number of aliphatic hydroxyl groups is 2. The zero-order valence-electron chi connectivity index (χ0n) is 23.5. The van der Waals surface area contributed by atoms with Gasteiger partial charge in [0, 0.05) is 36.3 Å². The lowest BCUT2D eigenvalue weighted by Crippen LogP contribution is -2.08. The Kier molecular flexibility index (Phi) is 14.3. The zero-order chi connectivity index (χ0) is 30.9. The Labute approximate surface area is 260 Å². The molecule has 4 aromatic rings. The number of unbranched alkanes of at least 4 members (excludes halogenated alkanes) is 3. The van der Waals surface area contributed by atoms with Gasteiger partial charge in [0.2, 0.25) is 11.9 Å². The highest BCUT2D eigenvalue weighted by atomic mass is 35.5. The first kappa shape index (κ1) is 33.4. The second-order valence-corrected chi connectivity index (χ2v) is 9.94. The molecule has 0 fully saturated rings. The third-order valence-electron chi connectivity index (χ3n) is 5.64. The number of ether oxygens (including phenoxy) is 2. The predicted molar refractivity (Wildman–Crippen MR) is 170 cm³/mol. The Bertz CT molecular complexity index is 1380. The van der Waals surface area contributed by atoms with Crippen LogP contribution in [0.1, 0.15) is 32.1 Å². The Morgan fingerprint density at radius 3 is 1.42 bits per heavy atom. The summed E-state index contributed by atoms with van der Waals surface area (Å²) in [5, 5.41) is 25.1. The minimum absolute atomic E-state index is 0.168. The van der Waals surface area contributed by atoms with Gasteiger partial charge < -0.3 is 41.8 Å². The summed E-state index contributed by atoms with van der Waals surface area (Å²) in [6.07, 6.45) is 7.25. The molecule has 12 nitrogen and oxygen atoms in total. The minimum Gasteiger partial charge on any atom is -0.452 e. The molecule has 0 aliphatic heterocycles. The fraction of sp³-hybridized carbons (Fsp3) is 0.310. The van der Waals surface area contributed by atoms with Gasteiger partial charge in [0.1, 0.15) is 11.5 Å². The summed E-state index contributed by atoms with van der Waals surface area (Å²) in [4.78, 5) is 16.2. The summed E-state index contributed by atoms with van der Waals surface area (Å²) >= 11 is 11.7. The fourth-order valence-electron chi connectivity index (χ4n) is 3.49. The van der Waals surface area contributed by atoms with Crippen LogP contribution >= 0.6 is 23.2 Å². The van der Waals surface area contributed by atoms with E-state index in [1.54, 1.807) is 48.5 Å². The van der Waals surface area contributed by atoms with E-state index < -0.39 is 0 Å². The number of aliphatic hydroxyl groups excluding tert-OH is 2. The highest BCUT2D eigenvalue weighted by molar-refractivity contribution is 6.30. The molecule has 43 heavy (non-hydrogen) atoms. The quantitative estimate of drug-likeness (QED) is 0.0872. The van der Waals surface area contributed by atoms with Crippen LogP contribution in [-0.2, 0) is 0 Å². The highest BCUT2D eigenvalue weighted by Crippen LogP contribution is 2.29. The van der Waals surface area contributed by atoms with Crippen molar-refractivity contribution in [3.8, 4) is 23.0 Å². The summed E-state index contributed by atoms with van der Waals surface area (Å²) in [5.41, 5.74) is 11.2. The maximum Gasteiger partial charge on any atom is 0.222 e. The number of halogens is 2. The molecule has 230 valence electrons. The van der Waals surface area contributed by atoms with E-state index in [2.05, 4.69) is 30.6 Å². The normalized spacial score (nSPS) is 10.4. The van der Waals surface area contributed by atoms with E-state index >= 15 is 0 Å². The van der Waals surface area contributed by atoms with E-state index in [1.807, 2.05) is 0 Å². The topological polar surface area (TPSA) is 187 Å². The average molecular weight is 632 g/mol. The van der Waals surface area contributed by atoms with Gasteiger partial charge in [0.15, 0.2) is 23.1 Å². The maximum absolute atomic E-state index is 8.77. The van der Waals surface area contributed by atoms with E-state index in [4.69, 9.17) is 54.4 Å². The van der Waals surface area contributed by atoms with Gasteiger partial charge in [-0.15, -0.1) is 0 Å². The largest absolute Gasteiger partial charge is 0.452 e. The van der Waals surface area contributed by atoms with Gasteiger partial charge >= 0.3 is 0 Å². The van der Waals surface area contributed by atoms with Crippen LogP contribution in [0.25, 0.3) is 0 Å². The minimum atomic E-state index is 0.168. The van der Waals surface area contributed by atoms with Gasteiger partial charge in [-0.25, -0.2) is 9.97 Å². The van der Waals surface area contributed by atoms with Gasteiger partial charge in [-0.1, -0.05) is 23.2 Å². The van der Waals surface area contributed by atoms with E-state index in [-0.39, 0.29) is 25.1 Å². The van der Waals surface area contributed by atoms with E-state index in [9.17, 15) is 0 Å². The number of hydrogen-bond acceptors (Lipinski definition) is 12. The van der Waals surface area contributed by atoms with Crippen molar-refractivity contribution in [2.45, 2.75) is 32.1 Å². The summed E-state index contributed by atoms with van der Waals surface area (Å²) in [7, 11) is 0. The molecule has 0 atom stereocenters. The Morgan fingerprint density at radius 2 is 1.00 bits per heavy atom. The molecule has 2 heterocycles. The van der Waals surface area contributed by atoms with Crippen molar-refractivity contribution in [1.82, 2.24) is 19.9 Å². The molecule has 4 rings (SSSR count). The Balaban J connectivity index is 0.000000236. The van der Waals surface area contributed by atoms with Crippen LogP contribution in [0.15, 0.2) is 60.9 Å². The van der Waals surface area contributed by atoms with Crippen LogP contribution in [0.3, 0.4) is 0 Å². The number of nitrogens with two attached hydrogens (primary N) is 2. The van der Waals surface area contributed by atoms with Crippen molar-refractivity contribution in [2.75, 3.05) is 48.4 Å². The molecule has 0 aliphatic carbocycles. The number of nitrogens with one attached hydrogen (secondary N) is 2. The lowest BCUT2D eigenvalue weighted by atomic mass is 10.2. The first-order chi connectivity index (χ1) is 20.9. The third-order valence-corrected chi connectivity index (χ3v) is 6.14. The summed E-state index contributed by atoms with van der Waals surface area (Å²) in [5.74, 6) is 3.67. The number of anilines is 4. The van der Waals surface area contributed by atoms with Crippen LogP contribution < -0.4 is 31.6 Å². The summed E-state index contributed by atoms with van der Waals surface area (Å²) in [6.45, 7) is 1.76. The summed E-state index contributed by atoms with van der Waals surface area (Å²) < 4.78 is 11.5. The lowest BCUT2D eigenvalue weighted by molar-refractivity contribution is 0.283. The molecule has 2 aromatic carbocycles. The molecule has 2 aromatic heterocycles. The van der Waals surface area contributed by atoms with E-state index in [0.29, 0.717) is 57.8 Å². The van der Waals surface area contributed by atoms with Gasteiger partial charge in [-0.05, 0) is 80.6 Å². The van der Waals surface area contributed by atoms with Gasteiger partial charge in [0.25, 0.3) is 0 Å². The molecular formula is C29H36Cl2N8O4. The van der Waals surface area contributed by atoms with Crippen molar-refractivity contribution in [3.63, 3.8) is 0 Å². The third kappa shape index (κ3) is 12.3. The first-order valence-corrected chi connectivity index (χ1v) is 14.4. The first-order valence-electron chi connectivity index (χ1n) is 13.7. The second-order valence-electron chi connectivity index (χ2n) is 9.06. The maximum atomic E-state index is 8.77. The monoisotopic (exact) mass is 630 g/mol. The smallest absolute Gasteiger partial charge is 0.222 e. The van der Waals surface area contributed by atoms with E-state index in [1.165, 1.54) is 12.4 Å². The number of nitrogens with zero attached hydrogens (tertiary/aromatic N) is 4. The lowest BCUT2D eigenvalue weighted by Gasteiger charge is -2.12. The number of hydrogen-bond donors (Lipinski definition) is 6. The number of rotatable bonds is 15. The average Bonchev–Trinajstić information content (AvgIpc) is 3.00. The van der Waals surface area contributed by atoms with Crippen LogP contribution in [-0.4, -0.2) is 56.5 Å². The van der Waals surface area contributed by atoms with Crippen LogP contribution in [0.2, 0.25) is 10.0 Å². The van der Waals surface area contributed by atoms with Crippen molar-refractivity contribution in [2.24, 2.45) is 0 Å². The highest BCUT2D eigenvalue weighted by Gasteiger charge is 2.10. The molecule has 0 unspecified atom stereocenters. The van der Waals surface area contributed by atoms with Gasteiger partial charge in [-0.3, -0.25) is 0 Å². The molecule has 0 radical (unpaired) electrons. The molecule has 0 aliphatic rings. The number of benzene rings is 2. The summed E-state index contributed by atoms with van der Waals surface area (Å²) in [6, 6.07) is 14.0. The molecular weight excluding hydrogens is 595 g/mol. The molecule has 14 heteroatoms. The van der Waals surface area contributed by atoms with Crippen molar-refractivity contribution < 1.29 is 19.7 Å². The number of aromatic nitrogens is 4. The molecule has 0 bridgehead atoms. The second kappa shape index (κ2) is 18.4. The van der Waals surface area contributed by atoms with Crippen molar-refractivity contribution >= 4 is 46.7 Å². The molecule has 0 amide bonds. The van der Waals surface area contributed by atoms with Crippen molar-refractivity contribution in [3.05, 3.63) is 71.0 Å². The Hall–Kier alpha value is -4.10. The number of nitrogen functional groups attached to an aromatic ring is 2. The van der Waals surface area contributed by atoms with Crippen molar-refractivity contribution in [1.29, 1.82) is 0 Å².